The maximum Gasteiger partial charge on any atom is 0.245 e. The Morgan fingerprint density at radius 2 is 1.57 bits per heavy atom. The Hall–Kier alpha value is -2.58. The number of rotatable bonds is 6. The summed E-state index contributed by atoms with van der Waals surface area (Å²) in [6.07, 6.45) is 1.12. The van der Waals surface area contributed by atoms with E-state index in [0.717, 1.165) is 49.2 Å². The zero-order chi connectivity index (χ0) is 21.9. The lowest BCUT2D eigenvalue weighted by atomic mass is 10.1. The van der Waals surface area contributed by atoms with Crippen molar-refractivity contribution in [3.8, 4) is 0 Å². The average Bonchev–Trinajstić information content (AvgIpc) is 2.67. The van der Waals surface area contributed by atoms with Gasteiger partial charge in [-0.1, -0.05) is 18.2 Å². The van der Waals surface area contributed by atoms with Crippen molar-refractivity contribution in [1.29, 1.82) is 0 Å². The number of nitrogens with one attached hydrogen (secondary N) is 1. The number of anilines is 3. The molecule has 0 radical (unpaired) electrons. The maximum atomic E-state index is 12.7. The lowest BCUT2D eigenvalue weighted by Gasteiger charge is -2.34. The Kier molecular flexibility index (Phi) is 6.67. The molecular weight excluding hydrogens is 400 g/mol. The monoisotopic (exact) mass is 430 g/mol. The van der Waals surface area contributed by atoms with Crippen molar-refractivity contribution in [3.05, 3.63) is 53.6 Å². The van der Waals surface area contributed by atoms with E-state index in [4.69, 9.17) is 0 Å². The molecule has 30 heavy (non-hydrogen) atoms. The van der Waals surface area contributed by atoms with Gasteiger partial charge >= 0.3 is 0 Å². The summed E-state index contributed by atoms with van der Waals surface area (Å²) in [5.41, 5.74) is 3.94. The van der Waals surface area contributed by atoms with Crippen LogP contribution in [-0.4, -0.2) is 65.3 Å². The van der Waals surface area contributed by atoms with Gasteiger partial charge in [-0.05, 0) is 56.3 Å². The molecule has 1 amide bonds. The number of sulfonamides is 1. The normalized spacial score (nSPS) is 15.1. The SMILES string of the molecule is Cc1cccc(C)c1N(CC(=O)Nc1ccc(N2CCN(C)CC2)cc1)S(C)(=O)=O. The first-order valence-corrected chi connectivity index (χ1v) is 11.9. The standard InChI is InChI=1S/C22H30N4O3S/c1-17-6-5-7-18(2)22(17)26(30(4,28)29)16-21(27)23-19-8-10-20(11-9-19)25-14-12-24(3)13-15-25/h5-11H,12-16H2,1-4H3,(H,23,27). The molecule has 0 unspecified atom stereocenters. The molecule has 1 saturated heterocycles. The minimum atomic E-state index is -3.61. The molecule has 1 fully saturated rings. The molecule has 0 spiro atoms. The van der Waals surface area contributed by atoms with Gasteiger partial charge in [0.15, 0.2) is 0 Å². The molecule has 1 N–H and O–H groups in total. The van der Waals surface area contributed by atoms with Crippen LogP contribution in [0.2, 0.25) is 0 Å². The summed E-state index contributed by atoms with van der Waals surface area (Å²) in [5, 5.41) is 2.82. The van der Waals surface area contributed by atoms with Crippen molar-refractivity contribution >= 4 is 33.0 Å². The predicted octanol–water partition coefficient (Wildman–Crippen LogP) is 2.46. The van der Waals surface area contributed by atoms with Crippen molar-refractivity contribution < 1.29 is 13.2 Å². The quantitative estimate of drug-likeness (QED) is 0.762. The minimum Gasteiger partial charge on any atom is -0.369 e. The highest BCUT2D eigenvalue weighted by Gasteiger charge is 2.24. The van der Waals surface area contributed by atoms with Crippen LogP contribution < -0.4 is 14.5 Å². The number of nitrogens with zero attached hydrogens (tertiary/aromatic N) is 3. The summed E-state index contributed by atoms with van der Waals surface area (Å²) < 4.78 is 26.0. The Labute approximate surface area is 179 Å². The van der Waals surface area contributed by atoms with E-state index in [-0.39, 0.29) is 12.5 Å². The summed E-state index contributed by atoms with van der Waals surface area (Å²) in [7, 11) is -1.49. The summed E-state index contributed by atoms with van der Waals surface area (Å²) in [6.45, 7) is 7.41. The molecule has 2 aromatic rings. The Balaban J connectivity index is 1.70. The highest BCUT2D eigenvalue weighted by molar-refractivity contribution is 7.92. The number of carbonyl (C=O) groups excluding carboxylic acids is 1. The molecule has 1 aliphatic rings. The molecule has 0 atom stereocenters. The molecule has 0 aliphatic carbocycles. The zero-order valence-electron chi connectivity index (χ0n) is 18.1. The van der Waals surface area contributed by atoms with E-state index in [0.29, 0.717) is 11.4 Å². The third-order valence-corrected chi connectivity index (χ3v) is 6.51. The molecule has 162 valence electrons. The fraction of sp³-hybridized carbons (Fsp3) is 0.409. The van der Waals surface area contributed by atoms with Crippen molar-refractivity contribution in [1.82, 2.24) is 4.90 Å². The first-order valence-electron chi connectivity index (χ1n) is 10.0. The van der Waals surface area contributed by atoms with Crippen molar-refractivity contribution in [3.63, 3.8) is 0 Å². The number of benzene rings is 2. The number of likely N-dealkylation sites (N-methyl/N-ethyl adjacent to an activating group) is 1. The molecule has 8 heteroatoms. The number of aryl methyl sites for hydroxylation is 2. The van der Waals surface area contributed by atoms with Gasteiger partial charge in [0.05, 0.1) is 11.9 Å². The highest BCUT2D eigenvalue weighted by atomic mass is 32.2. The second-order valence-corrected chi connectivity index (χ2v) is 9.80. The predicted molar refractivity (Wildman–Crippen MR) is 123 cm³/mol. The lowest BCUT2D eigenvalue weighted by molar-refractivity contribution is -0.114. The molecule has 0 bridgehead atoms. The second-order valence-electron chi connectivity index (χ2n) is 7.90. The summed E-state index contributed by atoms with van der Waals surface area (Å²) in [6, 6.07) is 13.2. The van der Waals surface area contributed by atoms with E-state index in [1.54, 1.807) is 0 Å². The largest absolute Gasteiger partial charge is 0.369 e. The van der Waals surface area contributed by atoms with Gasteiger partial charge in [-0.25, -0.2) is 8.42 Å². The van der Waals surface area contributed by atoms with Crippen LogP contribution in [0.25, 0.3) is 0 Å². The Morgan fingerprint density at radius 3 is 2.10 bits per heavy atom. The molecule has 3 rings (SSSR count). The van der Waals surface area contributed by atoms with E-state index in [1.165, 1.54) is 4.31 Å². The molecule has 1 aliphatic heterocycles. The van der Waals surface area contributed by atoms with Crippen LogP contribution in [0.4, 0.5) is 17.1 Å². The van der Waals surface area contributed by atoms with Gasteiger partial charge < -0.3 is 15.1 Å². The summed E-state index contributed by atoms with van der Waals surface area (Å²) in [4.78, 5) is 17.3. The Bertz CT molecular complexity index is 977. The minimum absolute atomic E-state index is 0.273. The van der Waals surface area contributed by atoms with Crippen molar-refractivity contribution in [2.45, 2.75) is 13.8 Å². The molecule has 0 aromatic heterocycles. The van der Waals surface area contributed by atoms with E-state index >= 15 is 0 Å². The lowest BCUT2D eigenvalue weighted by Crippen LogP contribution is -2.44. The van der Waals surface area contributed by atoms with E-state index in [9.17, 15) is 13.2 Å². The molecule has 2 aromatic carbocycles. The number of hydrogen-bond donors (Lipinski definition) is 1. The second kappa shape index (κ2) is 9.06. The van der Waals surface area contributed by atoms with Gasteiger partial charge in [-0.15, -0.1) is 0 Å². The van der Waals surface area contributed by atoms with Crippen LogP contribution in [0, 0.1) is 13.8 Å². The Morgan fingerprint density at radius 1 is 1.00 bits per heavy atom. The van der Waals surface area contributed by atoms with Crippen molar-refractivity contribution in [2.75, 3.05) is 60.5 Å². The number of para-hydroxylation sites is 1. The van der Waals surface area contributed by atoms with E-state index < -0.39 is 10.0 Å². The fourth-order valence-electron chi connectivity index (χ4n) is 3.71. The van der Waals surface area contributed by atoms with Crippen LogP contribution in [-0.2, 0) is 14.8 Å². The van der Waals surface area contributed by atoms with Gasteiger partial charge in [-0.3, -0.25) is 9.10 Å². The molecule has 0 saturated carbocycles. The van der Waals surface area contributed by atoms with Crippen LogP contribution in [0.1, 0.15) is 11.1 Å². The third-order valence-electron chi connectivity index (χ3n) is 5.40. The van der Waals surface area contributed by atoms with Crippen LogP contribution in [0.3, 0.4) is 0 Å². The van der Waals surface area contributed by atoms with Gasteiger partial charge in [-0.2, -0.15) is 0 Å². The number of hydrogen-bond acceptors (Lipinski definition) is 5. The van der Waals surface area contributed by atoms with Gasteiger partial charge in [0.1, 0.15) is 6.54 Å². The van der Waals surface area contributed by atoms with Crippen LogP contribution in [0.5, 0.6) is 0 Å². The maximum absolute atomic E-state index is 12.7. The third kappa shape index (κ3) is 5.31. The smallest absolute Gasteiger partial charge is 0.245 e. The first kappa shape index (κ1) is 22.1. The number of piperazine rings is 1. The molecule has 1 heterocycles. The van der Waals surface area contributed by atoms with Crippen LogP contribution in [0.15, 0.2) is 42.5 Å². The summed E-state index contributed by atoms with van der Waals surface area (Å²) in [5.74, 6) is -0.379. The van der Waals surface area contributed by atoms with Crippen molar-refractivity contribution in [2.24, 2.45) is 0 Å². The zero-order valence-corrected chi connectivity index (χ0v) is 18.9. The van der Waals surface area contributed by atoms with Gasteiger partial charge in [0, 0.05) is 37.6 Å². The van der Waals surface area contributed by atoms with Gasteiger partial charge in [0.2, 0.25) is 15.9 Å². The fourth-order valence-corrected chi connectivity index (χ4v) is 4.68. The van der Waals surface area contributed by atoms with E-state index in [1.807, 2.05) is 56.3 Å². The topological polar surface area (TPSA) is 73.0 Å². The number of carbonyl (C=O) groups is 1. The molecular formula is C22H30N4O3S. The highest BCUT2D eigenvalue weighted by Crippen LogP contribution is 2.27. The van der Waals surface area contributed by atoms with Crippen LogP contribution >= 0.6 is 0 Å². The number of amides is 1. The first-order chi connectivity index (χ1) is 14.1. The average molecular weight is 431 g/mol. The summed E-state index contributed by atoms with van der Waals surface area (Å²) >= 11 is 0. The van der Waals surface area contributed by atoms with Gasteiger partial charge in [0.25, 0.3) is 0 Å². The van der Waals surface area contributed by atoms with E-state index in [2.05, 4.69) is 22.2 Å². The molecule has 7 nitrogen and oxygen atoms in total.